The molecule has 1 fully saturated rings. The lowest BCUT2D eigenvalue weighted by Crippen LogP contribution is -2.27. The summed E-state index contributed by atoms with van der Waals surface area (Å²) in [5, 5.41) is 0. The van der Waals surface area contributed by atoms with E-state index in [4.69, 9.17) is 0 Å². The first-order valence-corrected chi connectivity index (χ1v) is 10.6. The Labute approximate surface area is 155 Å². The minimum absolute atomic E-state index is 0.0346. The molecule has 1 N–H and O–H groups in total. The zero-order chi connectivity index (χ0) is 18.4. The van der Waals surface area contributed by atoms with Gasteiger partial charge in [0.05, 0.1) is 5.75 Å². The molecule has 1 aliphatic heterocycles. The number of likely N-dealkylation sites (tertiary alicyclic amines) is 1. The monoisotopic (exact) mass is 372 g/mol. The number of benzene rings is 2. The van der Waals surface area contributed by atoms with Crippen LogP contribution in [0.2, 0.25) is 0 Å². The highest BCUT2D eigenvalue weighted by Gasteiger charge is 2.20. The second kappa shape index (κ2) is 8.36. The number of carbonyl (C=O) groups excluding carboxylic acids is 1. The Bertz CT molecular complexity index is 844. The summed E-state index contributed by atoms with van der Waals surface area (Å²) in [5.74, 6) is 0.0132. The third-order valence-corrected chi connectivity index (χ3v) is 5.87. The van der Waals surface area contributed by atoms with Crippen molar-refractivity contribution in [1.82, 2.24) is 4.90 Å². The molecule has 26 heavy (non-hydrogen) atoms. The smallest absolute Gasteiger partial charge is 0.253 e. The molecule has 1 amide bonds. The van der Waals surface area contributed by atoms with Gasteiger partial charge in [-0.2, -0.15) is 0 Å². The Morgan fingerprint density at radius 3 is 2.46 bits per heavy atom. The molecule has 1 aliphatic rings. The van der Waals surface area contributed by atoms with Crippen LogP contribution in [0.3, 0.4) is 0 Å². The van der Waals surface area contributed by atoms with Gasteiger partial charge in [-0.3, -0.25) is 9.52 Å². The molecular formula is C20H24N2O3S. The van der Waals surface area contributed by atoms with Crippen LogP contribution in [0.25, 0.3) is 0 Å². The largest absolute Gasteiger partial charge is 0.339 e. The van der Waals surface area contributed by atoms with E-state index in [2.05, 4.69) is 4.72 Å². The lowest BCUT2D eigenvalue weighted by molar-refractivity contribution is 0.0793. The van der Waals surface area contributed by atoms with E-state index in [1.807, 2.05) is 35.2 Å². The van der Waals surface area contributed by atoms with Crippen LogP contribution in [0.5, 0.6) is 0 Å². The van der Waals surface area contributed by atoms with Gasteiger partial charge >= 0.3 is 0 Å². The Morgan fingerprint density at radius 2 is 1.73 bits per heavy atom. The minimum atomic E-state index is -3.44. The molecule has 1 saturated heterocycles. The van der Waals surface area contributed by atoms with Gasteiger partial charge in [-0.1, -0.05) is 36.4 Å². The maximum atomic E-state index is 12.4. The van der Waals surface area contributed by atoms with Crippen molar-refractivity contribution in [2.45, 2.75) is 25.7 Å². The standard InChI is InChI=1S/C20H24N2O3S/c23-20(22-13-4-5-14-22)18-11-6-12-19(16-18)21-26(24,25)15-7-10-17-8-2-1-3-9-17/h1-3,6,8-9,11-12,16,21H,4-5,7,10,13-15H2. The normalized spacial score (nSPS) is 14.4. The molecule has 0 atom stereocenters. The minimum Gasteiger partial charge on any atom is -0.339 e. The fourth-order valence-corrected chi connectivity index (χ4v) is 4.27. The van der Waals surface area contributed by atoms with Gasteiger partial charge in [0.15, 0.2) is 0 Å². The summed E-state index contributed by atoms with van der Waals surface area (Å²) in [6.45, 7) is 1.54. The van der Waals surface area contributed by atoms with Gasteiger partial charge in [-0.05, 0) is 49.4 Å². The van der Waals surface area contributed by atoms with Gasteiger partial charge in [0.1, 0.15) is 0 Å². The van der Waals surface area contributed by atoms with E-state index in [1.54, 1.807) is 24.3 Å². The van der Waals surface area contributed by atoms with Gasteiger partial charge in [0.25, 0.3) is 5.91 Å². The average molecular weight is 372 g/mol. The van der Waals surface area contributed by atoms with E-state index in [-0.39, 0.29) is 11.7 Å². The first kappa shape index (κ1) is 18.5. The number of nitrogens with zero attached hydrogens (tertiary/aromatic N) is 1. The number of hydrogen-bond donors (Lipinski definition) is 1. The average Bonchev–Trinajstić information content (AvgIpc) is 3.16. The van der Waals surface area contributed by atoms with Crippen molar-refractivity contribution >= 4 is 21.6 Å². The molecule has 0 radical (unpaired) electrons. The van der Waals surface area contributed by atoms with Crippen molar-refractivity contribution in [2.75, 3.05) is 23.6 Å². The molecule has 0 bridgehead atoms. The van der Waals surface area contributed by atoms with Gasteiger partial charge in [0.2, 0.25) is 10.0 Å². The second-order valence-electron chi connectivity index (χ2n) is 6.59. The third kappa shape index (κ3) is 5.08. The van der Waals surface area contributed by atoms with Crippen molar-refractivity contribution in [3.63, 3.8) is 0 Å². The molecule has 0 unspecified atom stereocenters. The Kier molecular flexibility index (Phi) is 5.93. The van der Waals surface area contributed by atoms with Crippen LogP contribution < -0.4 is 4.72 Å². The van der Waals surface area contributed by atoms with Gasteiger partial charge < -0.3 is 4.90 Å². The number of amides is 1. The Morgan fingerprint density at radius 1 is 1.00 bits per heavy atom. The van der Waals surface area contributed by atoms with E-state index in [0.717, 1.165) is 37.9 Å². The van der Waals surface area contributed by atoms with E-state index in [9.17, 15) is 13.2 Å². The lowest BCUT2D eigenvalue weighted by Gasteiger charge is -2.16. The van der Waals surface area contributed by atoms with Gasteiger partial charge in [-0.25, -0.2) is 8.42 Å². The highest BCUT2D eigenvalue weighted by Crippen LogP contribution is 2.17. The highest BCUT2D eigenvalue weighted by molar-refractivity contribution is 7.92. The number of rotatable bonds is 7. The van der Waals surface area contributed by atoms with Crippen molar-refractivity contribution in [1.29, 1.82) is 0 Å². The van der Waals surface area contributed by atoms with Crippen LogP contribution >= 0.6 is 0 Å². The van der Waals surface area contributed by atoms with Crippen LogP contribution in [0.15, 0.2) is 54.6 Å². The van der Waals surface area contributed by atoms with Crippen molar-refractivity contribution in [3.8, 4) is 0 Å². The number of sulfonamides is 1. The summed E-state index contributed by atoms with van der Waals surface area (Å²) in [6.07, 6.45) is 3.32. The molecule has 0 aliphatic carbocycles. The predicted molar refractivity (Wildman–Crippen MR) is 104 cm³/mol. The Balaban J connectivity index is 1.58. The molecule has 138 valence electrons. The summed E-state index contributed by atoms with van der Waals surface area (Å²) < 4.78 is 27.2. The van der Waals surface area contributed by atoms with Crippen LogP contribution in [0.4, 0.5) is 5.69 Å². The number of anilines is 1. The molecule has 2 aromatic carbocycles. The summed E-state index contributed by atoms with van der Waals surface area (Å²) >= 11 is 0. The van der Waals surface area contributed by atoms with Gasteiger partial charge in [-0.15, -0.1) is 0 Å². The van der Waals surface area contributed by atoms with E-state index < -0.39 is 10.0 Å². The number of nitrogens with one attached hydrogen (secondary N) is 1. The zero-order valence-corrected chi connectivity index (χ0v) is 15.5. The summed E-state index contributed by atoms with van der Waals surface area (Å²) in [5.41, 5.74) is 2.09. The SMILES string of the molecule is O=C(c1cccc(NS(=O)(=O)CCCc2ccccc2)c1)N1CCCC1. The van der Waals surface area contributed by atoms with E-state index in [1.165, 1.54) is 0 Å². The summed E-state index contributed by atoms with van der Waals surface area (Å²) in [6, 6.07) is 16.6. The summed E-state index contributed by atoms with van der Waals surface area (Å²) in [7, 11) is -3.44. The number of carbonyl (C=O) groups is 1. The first-order valence-electron chi connectivity index (χ1n) is 8.97. The lowest BCUT2D eigenvalue weighted by atomic mass is 10.1. The molecule has 0 saturated carbocycles. The van der Waals surface area contributed by atoms with Crippen molar-refractivity contribution < 1.29 is 13.2 Å². The molecule has 0 aromatic heterocycles. The van der Waals surface area contributed by atoms with Crippen LogP contribution in [0, 0.1) is 0 Å². The maximum Gasteiger partial charge on any atom is 0.253 e. The first-order chi connectivity index (χ1) is 12.5. The molecule has 5 nitrogen and oxygen atoms in total. The fourth-order valence-electron chi connectivity index (χ4n) is 3.16. The Hall–Kier alpha value is -2.34. The van der Waals surface area contributed by atoms with Crippen LogP contribution in [-0.2, 0) is 16.4 Å². The van der Waals surface area contributed by atoms with E-state index in [0.29, 0.717) is 17.7 Å². The van der Waals surface area contributed by atoms with Crippen molar-refractivity contribution in [2.24, 2.45) is 0 Å². The summed E-state index contributed by atoms with van der Waals surface area (Å²) in [4.78, 5) is 14.3. The predicted octanol–water partition coefficient (Wildman–Crippen LogP) is 3.30. The van der Waals surface area contributed by atoms with Crippen molar-refractivity contribution in [3.05, 3.63) is 65.7 Å². The molecule has 1 heterocycles. The number of aryl methyl sites for hydroxylation is 1. The molecule has 2 aromatic rings. The van der Waals surface area contributed by atoms with Gasteiger partial charge in [0, 0.05) is 24.3 Å². The fraction of sp³-hybridized carbons (Fsp3) is 0.350. The van der Waals surface area contributed by atoms with Crippen LogP contribution in [-0.4, -0.2) is 38.1 Å². The van der Waals surface area contributed by atoms with Crippen LogP contribution in [0.1, 0.15) is 35.2 Å². The quantitative estimate of drug-likeness (QED) is 0.811. The topological polar surface area (TPSA) is 66.5 Å². The highest BCUT2D eigenvalue weighted by atomic mass is 32.2. The maximum absolute atomic E-state index is 12.4. The third-order valence-electron chi connectivity index (χ3n) is 4.50. The molecule has 6 heteroatoms. The molecular weight excluding hydrogens is 348 g/mol. The number of hydrogen-bond acceptors (Lipinski definition) is 3. The molecule has 3 rings (SSSR count). The zero-order valence-electron chi connectivity index (χ0n) is 14.7. The van der Waals surface area contributed by atoms with E-state index >= 15 is 0 Å². The molecule has 0 spiro atoms. The second-order valence-corrected chi connectivity index (χ2v) is 8.43.